The number of rotatable bonds is 3. The van der Waals surface area contributed by atoms with Gasteiger partial charge in [-0.15, -0.1) is 12.4 Å². The standard InChI is InChI=1S/C14H25N3O2.ClH/c1-11(15)9-13(18)17-8-4-5-12(10-17)14(19)16-6-2-3-7-16;/h11-12H,2-10,15H2,1H3;1H. The average Bonchev–Trinajstić information content (AvgIpc) is 2.91. The van der Waals surface area contributed by atoms with Crippen molar-refractivity contribution < 1.29 is 9.59 Å². The quantitative estimate of drug-likeness (QED) is 0.846. The minimum atomic E-state index is -0.109. The second-order valence-electron chi connectivity index (χ2n) is 5.89. The van der Waals surface area contributed by atoms with Gasteiger partial charge in [-0.05, 0) is 32.6 Å². The van der Waals surface area contributed by atoms with Crippen LogP contribution in [0.15, 0.2) is 0 Å². The van der Waals surface area contributed by atoms with Crippen LogP contribution in [-0.4, -0.2) is 53.8 Å². The lowest BCUT2D eigenvalue weighted by Gasteiger charge is -2.34. The Kier molecular flexibility index (Phi) is 6.76. The van der Waals surface area contributed by atoms with Crippen LogP contribution in [0.3, 0.4) is 0 Å². The number of nitrogens with two attached hydrogens (primary N) is 1. The molecule has 0 aromatic heterocycles. The van der Waals surface area contributed by atoms with Crippen LogP contribution in [0.25, 0.3) is 0 Å². The summed E-state index contributed by atoms with van der Waals surface area (Å²) in [5.74, 6) is 0.341. The Bertz CT molecular complexity index is 343. The molecule has 2 N–H and O–H groups in total. The molecule has 0 aromatic rings. The third-order valence-electron chi connectivity index (χ3n) is 4.04. The number of carbonyl (C=O) groups excluding carboxylic acids is 2. The van der Waals surface area contributed by atoms with Crippen molar-refractivity contribution in [2.75, 3.05) is 26.2 Å². The topological polar surface area (TPSA) is 66.6 Å². The van der Waals surface area contributed by atoms with Gasteiger partial charge in [-0.2, -0.15) is 0 Å². The van der Waals surface area contributed by atoms with Crippen LogP contribution < -0.4 is 5.73 Å². The summed E-state index contributed by atoms with van der Waals surface area (Å²) in [6, 6.07) is -0.109. The summed E-state index contributed by atoms with van der Waals surface area (Å²) in [7, 11) is 0. The molecule has 0 aliphatic carbocycles. The molecule has 2 atom stereocenters. The van der Waals surface area contributed by atoms with Gasteiger partial charge in [0.05, 0.1) is 5.92 Å². The third-order valence-corrected chi connectivity index (χ3v) is 4.04. The molecule has 2 rings (SSSR count). The molecule has 2 aliphatic heterocycles. The van der Waals surface area contributed by atoms with E-state index in [-0.39, 0.29) is 36.2 Å². The van der Waals surface area contributed by atoms with Gasteiger partial charge in [0.25, 0.3) is 0 Å². The number of likely N-dealkylation sites (tertiary alicyclic amines) is 2. The molecule has 5 nitrogen and oxygen atoms in total. The lowest BCUT2D eigenvalue weighted by atomic mass is 9.96. The predicted molar refractivity (Wildman–Crippen MR) is 80.6 cm³/mol. The van der Waals surface area contributed by atoms with E-state index < -0.39 is 0 Å². The van der Waals surface area contributed by atoms with E-state index in [9.17, 15) is 9.59 Å². The van der Waals surface area contributed by atoms with Crippen molar-refractivity contribution in [3.8, 4) is 0 Å². The summed E-state index contributed by atoms with van der Waals surface area (Å²) >= 11 is 0. The van der Waals surface area contributed by atoms with Crippen LogP contribution in [0.1, 0.15) is 39.0 Å². The lowest BCUT2D eigenvalue weighted by molar-refractivity contribution is -0.140. The van der Waals surface area contributed by atoms with E-state index in [1.54, 1.807) is 0 Å². The highest BCUT2D eigenvalue weighted by molar-refractivity contribution is 5.85. The van der Waals surface area contributed by atoms with Crippen LogP contribution in [0.4, 0.5) is 0 Å². The molecule has 0 spiro atoms. The molecule has 0 aromatic carbocycles. The minimum absolute atomic E-state index is 0. The van der Waals surface area contributed by atoms with Crippen LogP contribution in [0, 0.1) is 5.92 Å². The Balaban J connectivity index is 0.00000200. The second kappa shape index (κ2) is 7.84. The van der Waals surface area contributed by atoms with Crippen molar-refractivity contribution in [3.63, 3.8) is 0 Å². The van der Waals surface area contributed by atoms with Gasteiger partial charge in [0.15, 0.2) is 0 Å². The fourth-order valence-electron chi connectivity index (χ4n) is 3.01. The average molecular weight is 304 g/mol. The van der Waals surface area contributed by atoms with Crippen LogP contribution in [-0.2, 0) is 9.59 Å². The zero-order valence-electron chi connectivity index (χ0n) is 12.2. The second-order valence-corrected chi connectivity index (χ2v) is 5.89. The van der Waals surface area contributed by atoms with E-state index in [2.05, 4.69) is 0 Å². The summed E-state index contributed by atoms with van der Waals surface area (Å²) in [4.78, 5) is 28.2. The highest BCUT2D eigenvalue weighted by atomic mass is 35.5. The molecule has 116 valence electrons. The van der Waals surface area contributed by atoms with Crippen molar-refractivity contribution in [2.45, 2.75) is 45.1 Å². The van der Waals surface area contributed by atoms with Gasteiger partial charge in [-0.3, -0.25) is 9.59 Å². The number of carbonyl (C=O) groups is 2. The maximum Gasteiger partial charge on any atom is 0.227 e. The van der Waals surface area contributed by atoms with Crippen molar-refractivity contribution >= 4 is 24.2 Å². The highest BCUT2D eigenvalue weighted by Crippen LogP contribution is 2.21. The van der Waals surface area contributed by atoms with Crippen molar-refractivity contribution in [1.29, 1.82) is 0 Å². The Morgan fingerprint density at radius 1 is 1.15 bits per heavy atom. The zero-order chi connectivity index (χ0) is 13.8. The molecule has 0 bridgehead atoms. The first-order valence-electron chi connectivity index (χ1n) is 7.40. The number of piperidine rings is 1. The van der Waals surface area contributed by atoms with Crippen LogP contribution >= 0.6 is 12.4 Å². The molecular formula is C14H26ClN3O2. The Labute approximate surface area is 127 Å². The van der Waals surface area contributed by atoms with Crippen LogP contribution in [0.2, 0.25) is 0 Å². The Morgan fingerprint density at radius 2 is 1.75 bits per heavy atom. The first-order valence-corrected chi connectivity index (χ1v) is 7.40. The number of hydrogen-bond donors (Lipinski definition) is 1. The van der Waals surface area contributed by atoms with Gasteiger partial charge in [-0.25, -0.2) is 0 Å². The minimum Gasteiger partial charge on any atom is -0.342 e. The molecule has 2 amide bonds. The lowest BCUT2D eigenvalue weighted by Crippen LogP contribution is -2.47. The van der Waals surface area contributed by atoms with E-state index in [0.717, 1.165) is 45.3 Å². The molecule has 2 aliphatic rings. The number of halogens is 1. The maximum absolute atomic E-state index is 12.4. The first-order chi connectivity index (χ1) is 9.08. The summed E-state index contributed by atoms with van der Waals surface area (Å²) in [6.07, 6.45) is 4.45. The van der Waals surface area contributed by atoms with E-state index in [4.69, 9.17) is 5.73 Å². The van der Waals surface area contributed by atoms with E-state index in [1.807, 2.05) is 16.7 Å². The SMILES string of the molecule is CC(N)CC(=O)N1CCCC(C(=O)N2CCCC2)C1.Cl. The van der Waals surface area contributed by atoms with E-state index in [1.165, 1.54) is 0 Å². The Hall–Kier alpha value is -0.810. The molecule has 2 fully saturated rings. The molecular weight excluding hydrogens is 278 g/mol. The summed E-state index contributed by atoms with van der Waals surface area (Å²) < 4.78 is 0. The van der Waals surface area contributed by atoms with Gasteiger partial charge < -0.3 is 15.5 Å². The Morgan fingerprint density at radius 3 is 2.35 bits per heavy atom. The fraction of sp³-hybridized carbons (Fsp3) is 0.857. The number of amides is 2. The molecule has 2 saturated heterocycles. The van der Waals surface area contributed by atoms with Crippen molar-refractivity contribution in [3.05, 3.63) is 0 Å². The maximum atomic E-state index is 12.4. The van der Waals surface area contributed by atoms with E-state index in [0.29, 0.717) is 13.0 Å². The van der Waals surface area contributed by atoms with Gasteiger partial charge in [-0.1, -0.05) is 0 Å². The molecule has 2 unspecified atom stereocenters. The molecule has 0 radical (unpaired) electrons. The van der Waals surface area contributed by atoms with Gasteiger partial charge in [0.1, 0.15) is 0 Å². The normalized spacial score (nSPS) is 24.2. The summed E-state index contributed by atoms with van der Waals surface area (Å²) in [6.45, 7) is 4.98. The van der Waals surface area contributed by atoms with Crippen molar-refractivity contribution in [2.24, 2.45) is 11.7 Å². The van der Waals surface area contributed by atoms with Crippen molar-refractivity contribution in [1.82, 2.24) is 9.80 Å². The molecule has 0 saturated carbocycles. The zero-order valence-corrected chi connectivity index (χ0v) is 13.0. The third kappa shape index (κ3) is 4.35. The monoisotopic (exact) mass is 303 g/mol. The largest absolute Gasteiger partial charge is 0.342 e. The first kappa shape index (κ1) is 17.2. The van der Waals surface area contributed by atoms with Gasteiger partial charge in [0.2, 0.25) is 11.8 Å². The molecule has 2 heterocycles. The summed E-state index contributed by atoms with van der Waals surface area (Å²) in [5, 5.41) is 0. The van der Waals surface area contributed by atoms with E-state index >= 15 is 0 Å². The number of hydrogen-bond acceptors (Lipinski definition) is 3. The smallest absolute Gasteiger partial charge is 0.227 e. The molecule has 6 heteroatoms. The summed E-state index contributed by atoms with van der Waals surface area (Å²) in [5.41, 5.74) is 5.67. The van der Waals surface area contributed by atoms with Crippen LogP contribution in [0.5, 0.6) is 0 Å². The molecule has 20 heavy (non-hydrogen) atoms. The van der Waals surface area contributed by atoms with Gasteiger partial charge >= 0.3 is 0 Å². The number of nitrogens with zero attached hydrogens (tertiary/aromatic N) is 2. The van der Waals surface area contributed by atoms with Gasteiger partial charge in [0, 0.05) is 38.6 Å². The highest BCUT2D eigenvalue weighted by Gasteiger charge is 2.32. The fourth-order valence-corrected chi connectivity index (χ4v) is 3.01. The predicted octanol–water partition coefficient (Wildman–Crippen LogP) is 1.01.